The first kappa shape index (κ1) is 12.4. The molecule has 2 aliphatic heterocycles. The van der Waals surface area contributed by atoms with Gasteiger partial charge in [-0.25, -0.2) is 0 Å². The standard InChI is InChI=1S/C12H20N2O3/c15-10-8-12(17)14(9-10)7-4-11(16)13-5-2-1-3-6-13/h10,15H,1-9H2. The minimum Gasteiger partial charge on any atom is -0.391 e. The minimum atomic E-state index is -0.549. The second-order valence-electron chi connectivity index (χ2n) is 4.89. The molecule has 2 aliphatic rings. The lowest BCUT2D eigenvalue weighted by Crippen LogP contribution is -2.38. The Morgan fingerprint density at radius 2 is 2.00 bits per heavy atom. The Labute approximate surface area is 101 Å². The summed E-state index contributed by atoms with van der Waals surface area (Å²) in [5.74, 6) is 0.0998. The van der Waals surface area contributed by atoms with Crippen LogP contribution in [0, 0.1) is 0 Å². The van der Waals surface area contributed by atoms with Crippen molar-refractivity contribution in [3.63, 3.8) is 0 Å². The predicted octanol–water partition coefficient (Wildman–Crippen LogP) is -0.0178. The van der Waals surface area contributed by atoms with E-state index in [2.05, 4.69) is 0 Å². The molecule has 1 N–H and O–H groups in total. The summed E-state index contributed by atoms with van der Waals surface area (Å²) in [6.45, 7) is 2.54. The van der Waals surface area contributed by atoms with Crippen molar-refractivity contribution in [1.29, 1.82) is 0 Å². The summed E-state index contributed by atoms with van der Waals surface area (Å²) in [5.41, 5.74) is 0. The van der Waals surface area contributed by atoms with Crippen LogP contribution in [0.25, 0.3) is 0 Å². The van der Waals surface area contributed by atoms with Crippen molar-refractivity contribution in [3.05, 3.63) is 0 Å². The highest BCUT2D eigenvalue weighted by Gasteiger charge is 2.28. The maximum absolute atomic E-state index is 11.9. The van der Waals surface area contributed by atoms with Crippen LogP contribution >= 0.6 is 0 Å². The van der Waals surface area contributed by atoms with Crippen LogP contribution in [0.15, 0.2) is 0 Å². The van der Waals surface area contributed by atoms with Gasteiger partial charge in [0.05, 0.1) is 12.5 Å². The summed E-state index contributed by atoms with van der Waals surface area (Å²) in [5, 5.41) is 9.33. The van der Waals surface area contributed by atoms with E-state index in [1.807, 2.05) is 4.90 Å². The molecule has 2 heterocycles. The number of aliphatic hydroxyl groups excluding tert-OH is 1. The number of nitrogens with zero attached hydrogens (tertiary/aromatic N) is 2. The Balaban J connectivity index is 1.74. The fraction of sp³-hybridized carbons (Fsp3) is 0.833. The van der Waals surface area contributed by atoms with E-state index in [1.165, 1.54) is 6.42 Å². The highest BCUT2D eigenvalue weighted by atomic mass is 16.3. The molecule has 0 radical (unpaired) electrons. The molecule has 17 heavy (non-hydrogen) atoms. The zero-order valence-corrected chi connectivity index (χ0v) is 10.1. The van der Waals surface area contributed by atoms with Gasteiger partial charge in [0.1, 0.15) is 0 Å². The maximum atomic E-state index is 11.9. The molecule has 0 aromatic heterocycles. The van der Waals surface area contributed by atoms with Crippen LogP contribution in [0.5, 0.6) is 0 Å². The number of carbonyl (C=O) groups is 2. The molecule has 1 atom stereocenters. The lowest BCUT2D eigenvalue weighted by Gasteiger charge is -2.27. The van der Waals surface area contributed by atoms with Crippen LogP contribution in [0.3, 0.4) is 0 Å². The van der Waals surface area contributed by atoms with E-state index in [9.17, 15) is 14.7 Å². The van der Waals surface area contributed by atoms with Gasteiger partial charge in [0.25, 0.3) is 0 Å². The molecule has 0 saturated carbocycles. The van der Waals surface area contributed by atoms with Crippen LogP contribution in [0.2, 0.25) is 0 Å². The molecule has 2 fully saturated rings. The number of carbonyl (C=O) groups excluding carboxylic acids is 2. The van der Waals surface area contributed by atoms with Gasteiger partial charge in [-0.1, -0.05) is 0 Å². The average molecular weight is 240 g/mol. The number of hydrogen-bond donors (Lipinski definition) is 1. The highest BCUT2D eigenvalue weighted by Crippen LogP contribution is 2.13. The molecular formula is C12H20N2O3. The summed E-state index contributed by atoms with van der Waals surface area (Å²) >= 11 is 0. The van der Waals surface area contributed by atoms with Crippen molar-refractivity contribution in [1.82, 2.24) is 9.80 Å². The topological polar surface area (TPSA) is 60.9 Å². The van der Waals surface area contributed by atoms with Gasteiger partial charge < -0.3 is 14.9 Å². The van der Waals surface area contributed by atoms with E-state index in [4.69, 9.17) is 0 Å². The molecule has 5 heteroatoms. The summed E-state index contributed by atoms with van der Waals surface area (Å²) in [6.07, 6.45) is 3.43. The van der Waals surface area contributed by atoms with E-state index in [1.54, 1.807) is 4.90 Å². The van der Waals surface area contributed by atoms with Gasteiger partial charge in [-0.05, 0) is 19.3 Å². The fourth-order valence-corrected chi connectivity index (χ4v) is 2.50. The van der Waals surface area contributed by atoms with Crippen LogP contribution in [0.1, 0.15) is 32.1 Å². The number of amides is 2. The third-order valence-electron chi connectivity index (χ3n) is 3.50. The molecule has 2 saturated heterocycles. The third kappa shape index (κ3) is 3.19. The van der Waals surface area contributed by atoms with Gasteiger partial charge in [-0.15, -0.1) is 0 Å². The van der Waals surface area contributed by atoms with Crippen LogP contribution in [-0.2, 0) is 9.59 Å². The summed E-state index contributed by atoms with van der Waals surface area (Å²) in [6, 6.07) is 0. The van der Waals surface area contributed by atoms with Crippen molar-refractivity contribution in [2.24, 2.45) is 0 Å². The molecule has 96 valence electrons. The zero-order valence-electron chi connectivity index (χ0n) is 10.1. The van der Waals surface area contributed by atoms with Gasteiger partial charge in [-0.3, -0.25) is 9.59 Å². The van der Waals surface area contributed by atoms with E-state index in [0.717, 1.165) is 25.9 Å². The highest BCUT2D eigenvalue weighted by molar-refractivity contribution is 5.81. The third-order valence-corrected chi connectivity index (χ3v) is 3.50. The number of piperidine rings is 1. The zero-order chi connectivity index (χ0) is 12.3. The largest absolute Gasteiger partial charge is 0.391 e. The Morgan fingerprint density at radius 1 is 1.29 bits per heavy atom. The van der Waals surface area contributed by atoms with Crippen molar-refractivity contribution in [3.8, 4) is 0 Å². The minimum absolute atomic E-state index is 0.0380. The van der Waals surface area contributed by atoms with Crippen LogP contribution in [-0.4, -0.2) is 59.0 Å². The van der Waals surface area contributed by atoms with Crippen molar-refractivity contribution < 1.29 is 14.7 Å². The lowest BCUT2D eigenvalue weighted by molar-refractivity contribution is -0.133. The summed E-state index contributed by atoms with van der Waals surface area (Å²) in [4.78, 5) is 26.8. The summed E-state index contributed by atoms with van der Waals surface area (Å²) < 4.78 is 0. The predicted molar refractivity (Wildman–Crippen MR) is 62.3 cm³/mol. The van der Waals surface area contributed by atoms with E-state index in [0.29, 0.717) is 19.5 Å². The van der Waals surface area contributed by atoms with Gasteiger partial charge in [0, 0.05) is 32.6 Å². The van der Waals surface area contributed by atoms with E-state index < -0.39 is 6.10 Å². The molecule has 0 aromatic rings. The molecule has 2 amide bonds. The molecule has 0 spiro atoms. The summed E-state index contributed by atoms with van der Waals surface area (Å²) in [7, 11) is 0. The molecular weight excluding hydrogens is 220 g/mol. The number of β-amino-alcohol motifs (C(OH)–C–C–N with tert-alkyl or cyclic N) is 1. The Bertz CT molecular complexity index is 300. The fourth-order valence-electron chi connectivity index (χ4n) is 2.50. The first-order valence-corrected chi connectivity index (χ1v) is 6.40. The Kier molecular flexibility index (Phi) is 3.99. The number of rotatable bonds is 3. The first-order chi connectivity index (χ1) is 8.16. The first-order valence-electron chi connectivity index (χ1n) is 6.40. The Hall–Kier alpha value is -1.10. The second kappa shape index (κ2) is 5.49. The number of aliphatic hydroxyl groups is 1. The SMILES string of the molecule is O=C(CCN1CC(O)CC1=O)N1CCCCC1. The molecule has 0 bridgehead atoms. The van der Waals surface area contributed by atoms with Gasteiger partial charge in [-0.2, -0.15) is 0 Å². The molecule has 0 aliphatic carbocycles. The quantitative estimate of drug-likeness (QED) is 0.754. The second-order valence-corrected chi connectivity index (χ2v) is 4.89. The molecule has 0 aromatic carbocycles. The van der Waals surface area contributed by atoms with E-state index >= 15 is 0 Å². The average Bonchev–Trinajstić information content (AvgIpc) is 2.66. The number of likely N-dealkylation sites (tertiary alicyclic amines) is 2. The van der Waals surface area contributed by atoms with Crippen LogP contribution < -0.4 is 0 Å². The van der Waals surface area contributed by atoms with Crippen molar-refractivity contribution in [2.75, 3.05) is 26.2 Å². The lowest BCUT2D eigenvalue weighted by atomic mass is 10.1. The van der Waals surface area contributed by atoms with Gasteiger partial charge in [0.2, 0.25) is 11.8 Å². The van der Waals surface area contributed by atoms with Crippen molar-refractivity contribution in [2.45, 2.75) is 38.2 Å². The molecule has 5 nitrogen and oxygen atoms in total. The van der Waals surface area contributed by atoms with Crippen molar-refractivity contribution >= 4 is 11.8 Å². The van der Waals surface area contributed by atoms with Crippen LogP contribution in [0.4, 0.5) is 0 Å². The Morgan fingerprint density at radius 3 is 2.59 bits per heavy atom. The smallest absolute Gasteiger partial charge is 0.225 e. The van der Waals surface area contributed by atoms with Gasteiger partial charge >= 0.3 is 0 Å². The van der Waals surface area contributed by atoms with E-state index in [-0.39, 0.29) is 18.2 Å². The monoisotopic (exact) mass is 240 g/mol. The van der Waals surface area contributed by atoms with Gasteiger partial charge in [0.15, 0.2) is 0 Å². The number of hydrogen-bond acceptors (Lipinski definition) is 3. The molecule has 2 rings (SSSR count). The molecule has 1 unspecified atom stereocenters. The normalized spacial score (nSPS) is 25.5. The maximum Gasteiger partial charge on any atom is 0.225 e.